The lowest BCUT2D eigenvalue weighted by atomic mass is 9.97. The molecule has 0 aliphatic carbocycles. The molecule has 0 bridgehead atoms. The Morgan fingerprint density at radius 1 is 1.04 bits per heavy atom. The normalized spacial score (nSPS) is 14.4. The number of nitro benzene ring substituents is 1. The van der Waals surface area contributed by atoms with E-state index in [9.17, 15) is 14.9 Å². The molecule has 2 aromatic rings. The zero-order chi connectivity index (χ0) is 18.0. The van der Waals surface area contributed by atoms with Gasteiger partial charge in [0.2, 0.25) is 0 Å². The van der Waals surface area contributed by atoms with E-state index in [0.29, 0.717) is 16.8 Å². The highest BCUT2D eigenvalue weighted by Gasteiger charge is 2.23. The highest BCUT2D eigenvalue weighted by Crippen LogP contribution is 2.32. The highest BCUT2D eigenvalue weighted by molar-refractivity contribution is 6.10. The van der Waals surface area contributed by atoms with Crippen LogP contribution < -0.4 is 4.90 Å². The summed E-state index contributed by atoms with van der Waals surface area (Å²) in [6, 6.07) is 10.5. The summed E-state index contributed by atoms with van der Waals surface area (Å²) >= 11 is 0. The number of hydrogen-bond donors (Lipinski definition) is 0. The molecule has 1 aliphatic rings. The summed E-state index contributed by atoms with van der Waals surface area (Å²) in [5.74, 6) is -0.175. The first-order chi connectivity index (χ1) is 12.0. The third kappa shape index (κ3) is 3.55. The number of piperidine rings is 1. The van der Waals surface area contributed by atoms with E-state index in [1.807, 2.05) is 30.9 Å². The number of hydrogen-bond acceptors (Lipinski definition) is 4. The molecule has 25 heavy (non-hydrogen) atoms. The monoisotopic (exact) mass is 338 g/mol. The number of aryl methyl sites for hydroxylation is 2. The Morgan fingerprint density at radius 3 is 2.40 bits per heavy atom. The van der Waals surface area contributed by atoms with Crippen molar-refractivity contribution in [3.63, 3.8) is 0 Å². The van der Waals surface area contributed by atoms with Gasteiger partial charge in [-0.25, -0.2) is 0 Å². The van der Waals surface area contributed by atoms with Gasteiger partial charge in [-0.3, -0.25) is 14.9 Å². The average Bonchev–Trinajstić information content (AvgIpc) is 2.61. The van der Waals surface area contributed by atoms with Gasteiger partial charge in [0.05, 0.1) is 4.92 Å². The van der Waals surface area contributed by atoms with Crippen molar-refractivity contribution >= 4 is 17.2 Å². The standard InChI is InChI=1S/C20H22N2O3/c1-14-6-8-17(15(2)12-14)20(23)16-7-9-18(19(13-16)22(24)25)21-10-4-3-5-11-21/h6-9,12-13H,3-5,10-11H2,1-2H3. The lowest BCUT2D eigenvalue weighted by molar-refractivity contribution is -0.384. The molecule has 0 atom stereocenters. The molecule has 5 heteroatoms. The molecular weight excluding hydrogens is 316 g/mol. The predicted octanol–water partition coefficient (Wildman–Crippen LogP) is 4.43. The van der Waals surface area contributed by atoms with E-state index in [-0.39, 0.29) is 16.4 Å². The first kappa shape index (κ1) is 17.1. The summed E-state index contributed by atoms with van der Waals surface area (Å²) in [6.07, 6.45) is 3.24. The van der Waals surface area contributed by atoms with E-state index >= 15 is 0 Å². The van der Waals surface area contributed by atoms with E-state index in [0.717, 1.165) is 43.5 Å². The van der Waals surface area contributed by atoms with Crippen molar-refractivity contribution in [1.29, 1.82) is 0 Å². The molecule has 130 valence electrons. The highest BCUT2D eigenvalue weighted by atomic mass is 16.6. The second kappa shape index (κ2) is 7.05. The van der Waals surface area contributed by atoms with Crippen LogP contribution in [-0.4, -0.2) is 23.8 Å². The topological polar surface area (TPSA) is 63.5 Å². The van der Waals surface area contributed by atoms with E-state index < -0.39 is 0 Å². The van der Waals surface area contributed by atoms with Gasteiger partial charge in [0.1, 0.15) is 5.69 Å². The number of anilines is 1. The molecule has 0 spiro atoms. The van der Waals surface area contributed by atoms with E-state index in [1.54, 1.807) is 18.2 Å². The van der Waals surface area contributed by atoms with Gasteiger partial charge in [0.15, 0.2) is 5.78 Å². The van der Waals surface area contributed by atoms with Crippen LogP contribution in [0.2, 0.25) is 0 Å². The van der Waals surface area contributed by atoms with Crippen LogP contribution in [0.5, 0.6) is 0 Å². The van der Waals surface area contributed by atoms with Crippen molar-refractivity contribution in [2.75, 3.05) is 18.0 Å². The zero-order valence-electron chi connectivity index (χ0n) is 14.6. The van der Waals surface area contributed by atoms with Crippen LogP contribution in [0.1, 0.15) is 46.3 Å². The minimum atomic E-state index is -0.386. The molecule has 5 nitrogen and oxygen atoms in total. The van der Waals surface area contributed by atoms with Gasteiger partial charge in [-0.2, -0.15) is 0 Å². The Balaban J connectivity index is 1.98. The van der Waals surface area contributed by atoms with Crippen LogP contribution >= 0.6 is 0 Å². The number of benzene rings is 2. The third-order valence-electron chi connectivity index (χ3n) is 4.76. The minimum Gasteiger partial charge on any atom is -0.366 e. The Hall–Kier alpha value is -2.69. The summed E-state index contributed by atoms with van der Waals surface area (Å²) in [5, 5.41) is 11.6. The first-order valence-electron chi connectivity index (χ1n) is 8.63. The number of carbonyl (C=O) groups excluding carboxylic acids is 1. The second-order valence-corrected chi connectivity index (χ2v) is 6.66. The minimum absolute atomic E-state index is 0.0116. The molecule has 3 rings (SSSR count). The molecule has 1 fully saturated rings. The van der Waals surface area contributed by atoms with Crippen LogP contribution in [0.4, 0.5) is 11.4 Å². The van der Waals surface area contributed by atoms with Crippen molar-refractivity contribution in [2.45, 2.75) is 33.1 Å². The molecule has 0 saturated carbocycles. The van der Waals surface area contributed by atoms with Crippen molar-refractivity contribution in [2.24, 2.45) is 0 Å². The van der Waals surface area contributed by atoms with Gasteiger partial charge < -0.3 is 4.90 Å². The van der Waals surface area contributed by atoms with Gasteiger partial charge in [-0.1, -0.05) is 23.8 Å². The Kier molecular flexibility index (Phi) is 4.83. The van der Waals surface area contributed by atoms with Crippen molar-refractivity contribution < 1.29 is 9.72 Å². The predicted molar refractivity (Wildman–Crippen MR) is 98.5 cm³/mol. The summed E-state index contributed by atoms with van der Waals surface area (Å²) in [6.45, 7) is 5.51. The van der Waals surface area contributed by atoms with Crippen LogP contribution in [0.25, 0.3) is 0 Å². The van der Waals surface area contributed by atoms with Gasteiger partial charge in [-0.15, -0.1) is 0 Å². The number of rotatable bonds is 4. The smallest absolute Gasteiger partial charge is 0.293 e. The van der Waals surface area contributed by atoms with E-state index in [2.05, 4.69) is 0 Å². The molecule has 0 unspecified atom stereocenters. The molecule has 1 saturated heterocycles. The Labute approximate surface area is 147 Å². The van der Waals surface area contributed by atoms with Gasteiger partial charge in [-0.05, 0) is 50.8 Å². The van der Waals surface area contributed by atoms with Crippen LogP contribution in [-0.2, 0) is 0 Å². The fourth-order valence-corrected chi connectivity index (χ4v) is 3.44. The van der Waals surface area contributed by atoms with E-state index in [4.69, 9.17) is 0 Å². The molecule has 0 amide bonds. The number of nitro groups is 1. The lowest BCUT2D eigenvalue weighted by Gasteiger charge is -2.28. The molecule has 2 aromatic carbocycles. The van der Waals surface area contributed by atoms with Crippen molar-refractivity contribution in [1.82, 2.24) is 0 Å². The van der Waals surface area contributed by atoms with Gasteiger partial charge in [0, 0.05) is 30.3 Å². The third-order valence-corrected chi connectivity index (χ3v) is 4.76. The largest absolute Gasteiger partial charge is 0.366 e. The Morgan fingerprint density at radius 2 is 1.76 bits per heavy atom. The molecule has 0 radical (unpaired) electrons. The summed E-state index contributed by atoms with van der Waals surface area (Å²) < 4.78 is 0. The van der Waals surface area contributed by atoms with Crippen molar-refractivity contribution in [3.05, 3.63) is 68.8 Å². The maximum atomic E-state index is 12.8. The molecule has 1 aliphatic heterocycles. The summed E-state index contributed by atoms with van der Waals surface area (Å²) in [7, 11) is 0. The fraction of sp³-hybridized carbons (Fsp3) is 0.350. The number of nitrogens with zero attached hydrogens (tertiary/aromatic N) is 2. The maximum absolute atomic E-state index is 12.8. The molecule has 0 aromatic heterocycles. The van der Waals surface area contributed by atoms with E-state index in [1.165, 1.54) is 6.07 Å². The van der Waals surface area contributed by atoms with Crippen LogP contribution in [0.3, 0.4) is 0 Å². The number of carbonyl (C=O) groups is 1. The quantitative estimate of drug-likeness (QED) is 0.470. The average molecular weight is 338 g/mol. The second-order valence-electron chi connectivity index (χ2n) is 6.66. The zero-order valence-corrected chi connectivity index (χ0v) is 14.6. The SMILES string of the molecule is Cc1ccc(C(=O)c2ccc(N3CCCCC3)c([N+](=O)[O-])c2)c(C)c1. The molecular formula is C20H22N2O3. The lowest BCUT2D eigenvalue weighted by Crippen LogP contribution is -2.30. The van der Waals surface area contributed by atoms with Crippen LogP contribution in [0.15, 0.2) is 36.4 Å². The van der Waals surface area contributed by atoms with Gasteiger partial charge >= 0.3 is 0 Å². The summed E-state index contributed by atoms with van der Waals surface area (Å²) in [5.41, 5.74) is 3.54. The fourth-order valence-electron chi connectivity index (χ4n) is 3.44. The number of ketones is 1. The first-order valence-corrected chi connectivity index (χ1v) is 8.63. The van der Waals surface area contributed by atoms with Crippen LogP contribution in [0, 0.1) is 24.0 Å². The maximum Gasteiger partial charge on any atom is 0.293 e. The Bertz CT molecular complexity index is 824. The molecule has 1 heterocycles. The van der Waals surface area contributed by atoms with Gasteiger partial charge in [0.25, 0.3) is 5.69 Å². The summed E-state index contributed by atoms with van der Waals surface area (Å²) in [4.78, 5) is 26.0. The molecule has 0 N–H and O–H groups in total. The van der Waals surface area contributed by atoms with Crippen molar-refractivity contribution in [3.8, 4) is 0 Å².